The van der Waals surface area contributed by atoms with Crippen LogP contribution in [0.4, 0.5) is 0 Å². The molecular weight excluding hydrogens is 222 g/mol. The second-order valence-electron chi connectivity index (χ2n) is 5.55. The van der Waals surface area contributed by atoms with E-state index in [1.165, 1.54) is 11.1 Å². The van der Waals surface area contributed by atoms with Gasteiger partial charge in [-0.05, 0) is 36.6 Å². The van der Waals surface area contributed by atoms with Crippen molar-refractivity contribution in [2.24, 2.45) is 18.7 Å². The van der Waals surface area contributed by atoms with Crippen LogP contribution < -0.4 is 5.73 Å². The van der Waals surface area contributed by atoms with Gasteiger partial charge >= 0.3 is 0 Å². The third kappa shape index (κ3) is 2.41. The Labute approximate surface area is 109 Å². The van der Waals surface area contributed by atoms with Crippen molar-refractivity contribution in [2.45, 2.75) is 33.1 Å². The van der Waals surface area contributed by atoms with E-state index in [1.54, 1.807) is 0 Å². The van der Waals surface area contributed by atoms with Crippen molar-refractivity contribution >= 4 is 11.0 Å². The van der Waals surface area contributed by atoms with E-state index in [-0.39, 0.29) is 0 Å². The van der Waals surface area contributed by atoms with E-state index in [1.807, 2.05) is 0 Å². The zero-order chi connectivity index (χ0) is 13.3. The van der Waals surface area contributed by atoms with Crippen LogP contribution in [0.5, 0.6) is 0 Å². The Morgan fingerprint density at radius 3 is 2.61 bits per heavy atom. The molecule has 1 atom stereocenters. The van der Waals surface area contributed by atoms with Crippen molar-refractivity contribution in [3.63, 3.8) is 0 Å². The molecule has 1 heterocycles. The number of aromatic nitrogens is 2. The highest BCUT2D eigenvalue weighted by atomic mass is 15.1. The van der Waals surface area contributed by atoms with Gasteiger partial charge in [-0.25, -0.2) is 4.98 Å². The molecule has 0 bridgehead atoms. The van der Waals surface area contributed by atoms with Gasteiger partial charge in [0.15, 0.2) is 0 Å². The molecule has 0 aliphatic rings. The van der Waals surface area contributed by atoms with Crippen LogP contribution in [0, 0.1) is 5.92 Å². The van der Waals surface area contributed by atoms with Crippen molar-refractivity contribution in [1.29, 1.82) is 0 Å². The molecule has 18 heavy (non-hydrogen) atoms. The molecule has 3 nitrogen and oxygen atoms in total. The highest BCUT2D eigenvalue weighted by molar-refractivity contribution is 5.77. The van der Waals surface area contributed by atoms with Gasteiger partial charge < -0.3 is 10.3 Å². The van der Waals surface area contributed by atoms with E-state index in [0.29, 0.717) is 11.8 Å². The van der Waals surface area contributed by atoms with Gasteiger partial charge in [-0.15, -0.1) is 0 Å². The van der Waals surface area contributed by atoms with Crippen LogP contribution in [0.1, 0.15) is 38.1 Å². The predicted molar refractivity (Wildman–Crippen MR) is 76.7 cm³/mol. The summed E-state index contributed by atoms with van der Waals surface area (Å²) in [5.41, 5.74) is 9.35. The molecule has 3 heteroatoms. The molecule has 0 saturated carbocycles. The van der Waals surface area contributed by atoms with Crippen molar-refractivity contribution < 1.29 is 0 Å². The van der Waals surface area contributed by atoms with Gasteiger partial charge in [0, 0.05) is 13.0 Å². The largest absolute Gasteiger partial charge is 0.331 e. The maximum absolute atomic E-state index is 5.69. The monoisotopic (exact) mass is 245 g/mol. The summed E-state index contributed by atoms with van der Waals surface area (Å²) in [6.07, 6.45) is 1.04. The van der Waals surface area contributed by atoms with E-state index in [9.17, 15) is 0 Å². The Kier molecular flexibility index (Phi) is 3.71. The lowest BCUT2D eigenvalue weighted by Crippen LogP contribution is -2.13. The molecule has 0 radical (unpaired) electrons. The van der Waals surface area contributed by atoms with Crippen molar-refractivity contribution in [3.05, 3.63) is 29.6 Å². The standard InChI is InChI=1S/C15H23N3/c1-10(2)15-17-13-6-5-12(7-11(3)9-16)8-14(13)18(15)4/h5-6,8,10-11H,7,9,16H2,1-4H3. The first-order valence-corrected chi connectivity index (χ1v) is 6.68. The lowest BCUT2D eigenvalue weighted by molar-refractivity contribution is 0.593. The molecule has 0 aliphatic heterocycles. The zero-order valence-electron chi connectivity index (χ0n) is 11.8. The highest BCUT2D eigenvalue weighted by Crippen LogP contribution is 2.22. The molecule has 0 amide bonds. The number of rotatable bonds is 4. The minimum Gasteiger partial charge on any atom is -0.331 e. The Balaban J connectivity index is 2.41. The van der Waals surface area contributed by atoms with E-state index in [0.717, 1.165) is 24.3 Å². The molecule has 1 aromatic carbocycles. The number of hydrogen-bond acceptors (Lipinski definition) is 2. The average molecular weight is 245 g/mol. The fourth-order valence-corrected chi connectivity index (χ4v) is 2.38. The zero-order valence-corrected chi connectivity index (χ0v) is 11.8. The second kappa shape index (κ2) is 5.11. The summed E-state index contributed by atoms with van der Waals surface area (Å²) in [5.74, 6) is 2.13. The average Bonchev–Trinajstić information content (AvgIpc) is 2.67. The molecule has 2 aromatic rings. The van der Waals surface area contributed by atoms with Crippen LogP contribution in [-0.4, -0.2) is 16.1 Å². The molecule has 0 fully saturated rings. The molecule has 0 aliphatic carbocycles. The third-order valence-electron chi connectivity index (χ3n) is 3.48. The van der Waals surface area contributed by atoms with Crippen LogP contribution in [0.25, 0.3) is 11.0 Å². The van der Waals surface area contributed by atoms with E-state index in [2.05, 4.69) is 50.6 Å². The molecule has 0 saturated heterocycles. The van der Waals surface area contributed by atoms with Crippen molar-refractivity contribution in [1.82, 2.24) is 9.55 Å². The Bertz CT molecular complexity index is 540. The molecular formula is C15H23N3. The predicted octanol–water partition coefficient (Wildman–Crippen LogP) is 2.83. The van der Waals surface area contributed by atoms with Crippen molar-refractivity contribution in [3.8, 4) is 0 Å². The van der Waals surface area contributed by atoms with Gasteiger partial charge in [0.1, 0.15) is 5.82 Å². The highest BCUT2D eigenvalue weighted by Gasteiger charge is 2.11. The molecule has 0 spiro atoms. The van der Waals surface area contributed by atoms with Crippen LogP contribution >= 0.6 is 0 Å². The second-order valence-corrected chi connectivity index (χ2v) is 5.55. The van der Waals surface area contributed by atoms with Crippen LogP contribution in [0.3, 0.4) is 0 Å². The third-order valence-corrected chi connectivity index (χ3v) is 3.48. The normalized spacial score (nSPS) is 13.4. The number of benzene rings is 1. The van der Waals surface area contributed by atoms with Gasteiger partial charge in [0.05, 0.1) is 11.0 Å². The first-order chi connectivity index (χ1) is 8.52. The Morgan fingerprint density at radius 2 is 2.00 bits per heavy atom. The van der Waals surface area contributed by atoms with Crippen molar-refractivity contribution in [2.75, 3.05) is 6.54 Å². The Morgan fingerprint density at radius 1 is 1.28 bits per heavy atom. The van der Waals surface area contributed by atoms with Crippen LogP contribution in [-0.2, 0) is 13.5 Å². The Hall–Kier alpha value is -1.35. The number of hydrogen-bond donors (Lipinski definition) is 1. The summed E-state index contributed by atoms with van der Waals surface area (Å²) in [6.45, 7) is 7.28. The van der Waals surface area contributed by atoms with E-state index >= 15 is 0 Å². The summed E-state index contributed by atoms with van der Waals surface area (Å²) in [6, 6.07) is 6.55. The number of imidazole rings is 1. The maximum Gasteiger partial charge on any atom is 0.112 e. The minimum atomic E-state index is 0.453. The SMILES string of the molecule is CC(CN)Cc1ccc2nc(C(C)C)n(C)c2c1. The van der Waals surface area contributed by atoms with Crippen LogP contribution in [0.2, 0.25) is 0 Å². The van der Waals surface area contributed by atoms with Gasteiger partial charge in [-0.3, -0.25) is 0 Å². The molecule has 1 unspecified atom stereocenters. The minimum absolute atomic E-state index is 0.453. The van der Waals surface area contributed by atoms with Gasteiger partial charge in [0.2, 0.25) is 0 Å². The lowest BCUT2D eigenvalue weighted by Gasteiger charge is -2.09. The number of nitrogens with two attached hydrogens (primary N) is 1. The molecule has 1 aromatic heterocycles. The summed E-state index contributed by atoms with van der Waals surface area (Å²) >= 11 is 0. The number of fused-ring (bicyclic) bond motifs is 1. The summed E-state index contributed by atoms with van der Waals surface area (Å²) < 4.78 is 2.20. The molecule has 2 rings (SSSR count). The first kappa shape index (κ1) is 13.1. The quantitative estimate of drug-likeness (QED) is 0.900. The summed E-state index contributed by atoms with van der Waals surface area (Å²) in [4.78, 5) is 4.69. The fraction of sp³-hybridized carbons (Fsp3) is 0.533. The topological polar surface area (TPSA) is 43.8 Å². The smallest absolute Gasteiger partial charge is 0.112 e. The van der Waals surface area contributed by atoms with Gasteiger partial charge in [-0.2, -0.15) is 0 Å². The molecule has 98 valence electrons. The summed E-state index contributed by atoms with van der Waals surface area (Å²) in [7, 11) is 2.10. The van der Waals surface area contributed by atoms with Gasteiger partial charge in [0.25, 0.3) is 0 Å². The fourth-order valence-electron chi connectivity index (χ4n) is 2.38. The number of aryl methyl sites for hydroxylation is 1. The lowest BCUT2D eigenvalue weighted by atomic mass is 10.0. The van der Waals surface area contributed by atoms with Crippen LogP contribution in [0.15, 0.2) is 18.2 Å². The maximum atomic E-state index is 5.69. The van der Waals surface area contributed by atoms with E-state index in [4.69, 9.17) is 10.7 Å². The van der Waals surface area contributed by atoms with Gasteiger partial charge in [-0.1, -0.05) is 26.8 Å². The first-order valence-electron chi connectivity index (χ1n) is 6.68. The number of nitrogens with zero attached hydrogens (tertiary/aromatic N) is 2. The molecule has 2 N–H and O–H groups in total. The summed E-state index contributed by atoms with van der Waals surface area (Å²) in [5, 5.41) is 0. The van der Waals surface area contributed by atoms with E-state index < -0.39 is 0 Å².